The van der Waals surface area contributed by atoms with Gasteiger partial charge in [-0.15, -0.1) is 0 Å². The zero-order valence-corrected chi connectivity index (χ0v) is 24.5. The minimum atomic E-state index is -0.559. The number of ether oxygens (including phenoxy) is 2. The largest absolute Gasteiger partial charge is 0.396 e. The number of hydrogen-bond donors (Lipinski definition) is 3. The van der Waals surface area contributed by atoms with Crippen molar-refractivity contribution in [1.29, 1.82) is 0 Å². The third-order valence-corrected chi connectivity index (χ3v) is 8.58. The summed E-state index contributed by atoms with van der Waals surface area (Å²) in [4.78, 5) is 12.5. The highest BCUT2D eigenvalue weighted by molar-refractivity contribution is 7.99. The molecule has 0 aromatic heterocycles. The fraction of sp³-hybridized carbons (Fsp3) is 0.286. The molecule has 1 aliphatic rings. The van der Waals surface area contributed by atoms with Crippen LogP contribution in [0.3, 0.4) is 0 Å². The number of carbonyl (C=O) groups is 1. The fourth-order valence-electron chi connectivity index (χ4n) is 5.17. The van der Waals surface area contributed by atoms with Gasteiger partial charge in [-0.1, -0.05) is 85.8 Å². The molecule has 1 heterocycles. The van der Waals surface area contributed by atoms with Gasteiger partial charge < -0.3 is 25.0 Å². The summed E-state index contributed by atoms with van der Waals surface area (Å²) in [5, 5.41) is 21.8. The SMILES string of the molecule is C[C@@H]1[C@H](CSCCO)O[C@H](c2cccc(-c3cccc(CNC(=O)c4ccccc4)c3)c2)O[C@@H]1c1ccc(CO)cc1. The molecule has 1 fully saturated rings. The number of amides is 1. The molecule has 1 amide bonds. The lowest BCUT2D eigenvalue weighted by Gasteiger charge is -2.41. The predicted octanol–water partition coefficient (Wildman–Crippen LogP) is 6.29. The molecule has 0 aliphatic carbocycles. The molecule has 4 aromatic carbocycles. The Morgan fingerprint density at radius 3 is 2.29 bits per heavy atom. The van der Waals surface area contributed by atoms with E-state index in [0.29, 0.717) is 17.9 Å². The highest BCUT2D eigenvalue weighted by Crippen LogP contribution is 2.43. The summed E-state index contributed by atoms with van der Waals surface area (Å²) < 4.78 is 13.1. The van der Waals surface area contributed by atoms with Gasteiger partial charge in [0.05, 0.1) is 25.4 Å². The molecule has 6 nitrogen and oxygen atoms in total. The van der Waals surface area contributed by atoms with Gasteiger partial charge in [-0.25, -0.2) is 0 Å². The van der Waals surface area contributed by atoms with Crippen molar-refractivity contribution in [3.05, 3.63) is 131 Å². The fourth-order valence-corrected chi connectivity index (χ4v) is 6.08. The van der Waals surface area contributed by atoms with Crippen LogP contribution in [0.25, 0.3) is 11.1 Å². The maximum Gasteiger partial charge on any atom is 0.251 e. The second-order valence-electron chi connectivity index (χ2n) is 10.5. The van der Waals surface area contributed by atoms with E-state index in [1.807, 2.05) is 66.7 Å². The van der Waals surface area contributed by atoms with Crippen molar-refractivity contribution < 1.29 is 24.5 Å². The van der Waals surface area contributed by atoms with E-state index in [1.165, 1.54) is 0 Å². The minimum Gasteiger partial charge on any atom is -0.396 e. The molecule has 0 bridgehead atoms. The van der Waals surface area contributed by atoms with Gasteiger partial charge in [0.25, 0.3) is 5.91 Å². The molecule has 0 saturated carbocycles. The highest BCUT2D eigenvalue weighted by Gasteiger charge is 2.38. The number of benzene rings is 4. The first-order valence-electron chi connectivity index (χ1n) is 14.3. The average molecular weight is 584 g/mol. The van der Waals surface area contributed by atoms with E-state index < -0.39 is 6.29 Å². The molecule has 42 heavy (non-hydrogen) atoms. The topological polar surface area (TPSA) is 88.0 Å². The molecule has 0 radical (unpaired) electrons. The van der Waals surface area contributed by atoms with Crippen molar-refractivity contribution in [3.8, 4) is 11.1 Å². The molecule has 5 rings (SSSR count). The van der Waals surface area contributed by atoms with Crippen LogP contribution < -0.4 is 5.32 Å². The van der Waals surface area contributed by atoms with E-state index in [-0.39, 0.29) is 37.2 Å². The first-order valence-corrected chi connectivity index (χ1v) is 15.4. The molecule has 1 saturated heterocycles. The summed E-state index contributed by atoms with van der Waals surface area (Å²) in [6.45, 7) is 2.71. The lowest BCUT2D eigenvalue weighted by Crippen LogP contribution is -2.38. The zero-order chi connectivity index (χ0) is 29.3. The second-order valence-corrected chi connectivity index (χ2v) is 11.6. The second kappa shape index (κ2) is 14.6. The number of aliphatic hydroxyl groups is 2. The number of hydrogen-bond acceptors (Lipinski definition) is 6. The zero-order valence-electron chi connectivity index (χ0n) is 23.7. The lowest BCUT2D eigenvalue weighted by molar-refractivity contribution is -0.268. The molecular formula is C35H37NO5S. The summed E-state index contributed by atoms with van der Waals surface area (Å²) >= 11 is 1.68. The van der Waals surface area contributed by atoms with E-state index in [2.05, 4.69) is 36.5 Å². The number of thioether (sulfide) groups is 1. The maximum atomic E-state index is 12.5. The van der Waals surface area contributed by atoms with E-state index in [9.17, 15) is 15.0 Å². The van der Waals surface area contributed by atoms with Crippen molar-refractivity contribution in [3.63, 3.8) is 0 Å². The van der Waals surface area contributed by atoms with Gasteiger partial charge in [-0.3, -0.25) is 4.79 Å². The Labute approximate surface area is 251 Å². The standard InChI is InChI=1S/C35H37NO5S/c1-24-32(23-42-18-17-37)40-35(41-33(24)27-15-13-25(22-38)14-16-27)31-12-6-11-30(20-31)29-10-5-7-26(19-29)21-36-34(39)28-8-3-2-4-9-28/h2-16,19-20,24,32-33,35,37-38H,17-18,21-23H2,1H3,(H,36,39)/t24-,32+,33+,35+/m1/s1. The number of rotatable bonds is 11. The third kappa shape index (κ3) is 7.48. The molecule has 4 aromatic rings. The summed E-state index contributed by atoms with van der Waals surface area (Å²) in [7, 11) is 0. The van der Waals surface area contributed by atoms with Gasteiger partial charge in [-0.05, 0) is 52.1 Å². The Hall–Kier alpha value is -3.46. The van der Waals surface area contributed by atoms with Crippen LogP contribution in [-0.4, -0.2) is 40.3 Å². The molecule has 0 spiro atoms. The van der Waals surface area contributed by atoms with Crippen LogP contribution in [0.4, 0.5) is 0 Å². The van der Waals surface area contributed by atoms with Crippen LogP contribution in [-0.2, 0) is 22.6 Å². The monoisotopic (exact) mass is 583 g/mol. The molecule has 4 atom stereocenters. The van der Waals surface area contributed by atoms with Gasteiger partial charge in [-0.2, -0.15) is 11.8 Å². The Balaban J connectivity index is 1.35. The van der Waals surface area contributed by atoms with Crippen LogP contribution in [0.2, 0.25) is 0 Å². The van der Waals surface area contributed by atoms with E-state index in [1.54, 1.807) is 23.9 Å². The molecule has 7 heteroatoms. The Kier molecular flexibility index (Phi) is 10.5. The maximum absolute atomic E-state index is 12.5. The average Bonchev–Trinajstić information content (AvgIpc) is 3.05. The van der Waals surface area contributed by atoms with Gasteiger partial charge >= 0.3 is 0 Å². The van der Waals surface area contributed by atoms with Crippen LogP contribution in [0.15, 0.2) is 103 Å². The van der Waals surface area contributed by atoms with Crippen molar-refractivity contribution in [2.24, 2.45) is 5.92 Å². The predicted molar refractivity (Wildman–Crippen MR) is 167 cm³/mol. The number of nitrogens with one attached hydrogen (secondary N) is 1. The van der Waals surface area contributed by atoms with E-state index >= 15 is 0 Å². The number of aliphatic hydroxyl groups excluding tert-OH is 2. The first kappa shape index (κ1) is 30.0. The summed E-state index contributed by atoms with van der Waals surface area (Å²) in [5.74, 6) is 1.41. The van der Waals surface area contributed by atoms with Crippen LogP contribution in [0.1, 0.15) is 51.9 Å². The van der Waals surface area contributed by atoms with Crippen LogP contribution in [0.5, 0.6) is 0 Å². The summed E-state index contributed by atoms with van der Waals surface area (Å²) in [6, 6.07) is 33.5. The first-order chi connectivity index (χ1) is 20.6. The molecule has 0 unspecified atom stereocenters. The van der Waals surface area contributed by atoms with Crippen LogP contribution in [0, 0.1) is 5.92 Å². The van der Waals surface area contributed by atoms with Crippen LogP contribution >= 0.6 is 11.8 Å². The van der Waals surface area contributed by atoms with E-state index in [0.717, 1.165) is 39.1 Å². The highest BCUT2D eigenvalue weighted by atomic mass is 32.2. The van der Waals surface area contributed by atoms with Gasteiger partial charge in [0.15, 0.2) is 6.29 Å². The van der Waals surface area contributed by atoms with Gasteiger partial charge in [0.1, 0.15) is 0 Å². The van der Waals surface area contributed by atoms with Crippen molar-refractivity contribution >= 4 is 17.7 Å². The summed E-state index contributed by atoms with van der Waals surface area (Å²) in [5.41, 5.74) is 6.55. The smallest absolute Gasteiger partial charge is 0.251 e. The van der Waals surface area contributed by atoms with Crippen molar-refractivity contribution in [1.82, 2.24) is 5.32 Å². The third-order valence-electron chi connectivity index (χ3n) is 7.55. The molecule has 1 aliphatic heterocycles. The van der Waals surface area contributed by atoms with Gasteiger partial charge in [0.2, 0.25) is 0 Å². The normalized spacial score (nSPS) is 20.3. The van der Waals surface area contributed by atoms with Crippen molar-refractivity contribution in [2.75, 3.05) is 18.1 Å². The molecular weight excluding hydrogens is 546 g/mol. The quantitative estimate of drug-likeness (QED) is 0.180. The minimum absolute atomic E-state index is 0.000900. The van der Waals surface area contributed by atoms with Gasteiger partial charge in [0, 0.05) is 35.1 Å². The van der Waals surface area contributed by atoms with E-state index in [4.69, 9.17) is 9.47 Å². The van der Waals surface area contributed by atoms with Crippen molar-refractivity contribution in [2.45, 2.75) is 38.6 Å². The molecule has 3 N–H and O–H groups in total. The number of carbonyl (C=O) groups excluding carboxylic acids is 1. The summed E-state index contributed by atoms with van der Waals surface area (Å²) in [6.07, 6.45) is -0.809. The Morgan fingerprint density at radius 1 is 0.810 bits per heavy atom. The Morgan fingerprint density at radius 2 is 1.55 bits per heavy atom. The lowest BCUT2D eigenvalue weighted by atomic mass is 9.91. The Bertz CT molecular complexity index is 1450. The molecule has 218 valence electrons.